The summed E-state index contributed by atoms with van der Waals surface area (Å²) < 4.78 is 5.72. The first kappa shape index (κ1) is 14.9. The highest BCUT2D eigenvalue weighted by atomic mass is 16.6. The number of non-ortho nitro benzene ring substituents is 1. The van der Waals surface area contributed by atoms with E-state index in [1.807, 2.05) is 19.1 Å². The summed E-state index contributed by atoms with van der Waals surface area (Å²) in [7, 11) is 0. The second kappa shape index (κ2) is 6.81. The number of benzene rings is 1. The van der Waals surface area contributed by atoms with Gasteiger partial charge < -0.3 is 10.5 Å². The molecule has 1 aromatic heterocycles. The van der Waals surface area contributed by atoms with Gasteiger partial charge in [0.15, 0.2) is 0 Å². The van der Waals surface area contributed by atoms with E-state index in [1.165, 1.54) is 12.1 Å². The minimum absolute atomic E-state index is 0.0558. The first-order valence-corrected chi connectivity index (χ1v) is 6.63. The van der Waals surface area contributed by atoms with Crippen LogP contribution in [0, 0.1) is 17.0 Å². The molecule has 6 heteroatoms. The average molecular weight is 287 g/mol. The van der Waals surface area contributed by atoms with E-state index >= 15 is 0 Å². The largest absolute Gasteiger partial charge is 0.487 e. The average Bonchev–Trinajstić information content (AvgIpc) is 2.47. The molecule has 0 fully saturated rings. The monoisotopic (exact) mass is 287 g/mol. The zero-order valence-electron chi connectivity index (χ0n) is 11.8. The Morgan fingerprint density at radius 3 is 2.86 bits per heavy atom. The maximum absolute atomic E-state index is 10.7. The molecule has 0 bridgehead atoms. The number of nitrogens with zero attached hydrogens (tertiary/aromatic N) is 2. The summed E-state index contributed by atoms with van der Waals surface area (Å²) in [6.45, 7) is 2.65. The van der Waals surface area contributed by atoms with Crippen molar-refractivity contribution in [1.82, 2.24) is 4.98 Å². The summed E-state index contributed by atoms with van der Waals surface area (Å²) in [6.07, 6.45) is 0.631. The molecule has 6 nitrogen and oxygen atoms in total. The number of ether oxygens (including phenoxy) is 1. The molecule has 21 heavy (non-hydrogen) atoms. The zero-order chi connectivity index (χ0) is 15.2. The van der Waals surface area contributed by atoms with Crippen LogP contribution in [-0.2, 0) is 13.0 Å². The summed E-state index contributed by atoms with van der Waals surface area (Å²) in [5.74, 6) is 0.664. The molecule has 0 radical (unpaired) electrons. The Hall–Kier alpha value is -2.47. The fourth-order valence-electron chi connectivity index (χ4n) is 1.97. The van der Waals surface area contributed by atoms with Crippen LogP contribution >= 0.6 is 0 Å². The Labute approximate surface area is 122 Å². The van der Waals surface area contributed by atoms with Gasteiger partial charge >= 0.3 is 0 Å². The first-order chi connectivity index (χ1) is 10.1. The van der Waals surface area contributed by atoms with Crippen LogP contribution < -0.4 is 10.5 Å². The zero-order valence-corrected chi connectivity index (χ0v) is 11.8. The van der Waals surface area contributed by atoms with E-state index in [-0.39, 0.29) is 12.3 Å². The van der Waals surface area contributed by atoms with Crippen LogP contribution in [0.25, 0.3) is 0 Å². The number of rotatable bonds is 6. The van der Waals surface area contributed by atoms with E-state index in [1.54, 1.807) is 12.1 Å². The second-order valence-electron chi connectivity index (χ2n) is 4.65. The highest BCUT2D eigenvalue weighted by Crippen LogP contribution is 2.20. The maximum atomic E-state index is 10.7. The van der Waals surface area contributed by atoms with E-state index in [4.69, 9.17) is 10.5 Å². The van der Waals surface area contributed by atoms with Crippen molar-refractivity contribution in [2.75, 3.05) is 6.54 Å². The standard InChI is InChI=1S/C15H17N3O3/c1-11-5-6-15(14(17-11)7-8-16)21-10-12-3-2-4-13(9-12)18(19)20/h2-6,9H,7-8,10,16H2,1H3. The molecule has 2 rings (SSSR count). The number of hydrogen-bond donors (Lipinski definition) is 1. The molecule has 0 aliphatic carbocycles. The molecule has 0 spiro atoms. The molecule has 0 amide bonds. The van der Waals surface area contributed by atoms with Crippen LogP contribution in [-0.4, -0.2) is 16.5 Å². The topological polar surface area (TPSA) is 91.3 Å². The molecule has 0 aliphatic heterocycles. The fraction of sp³-hybridized carbons (Fsp3) is 0.267. The lowest BCUT2D eigenvalue weighted by atomic mass is 10.2. The fourth-order valence-corrected chi connectivity index (χ4v) is 1.97. The predicted octanol–water partition coefficient (Wildman–Crippen LogP) is 2.38. The molecule has 0 atom stereocenters. The van der Waals surface area contributed by atoms with Gasteiger partial charge in [-0.2, -0.15) is 0 Å². The van der Waals surface area contributed by atoms with Crippen LogP contribution in [0.4, 0.5) is 5.69 Å². The van der Waals surface area contributed by atoms with E-state index in [0.29, 0.717) is 18.7 Å². The van der Waals surface area contributed by atoms with Gasteiger partial charge in [0.05, 0.1) is 10.6 Å². The van der Waals surface area contributed by atoms with Crippen LogP contribution in [0.5, 0.6) is 5.75 Å². The van der Waals surface area contributed by atoms with Gasteiger partial charge in [0.25, 0.3) is 5.69 Å². The van der Waals surface area contributed by atoms with Crippen molar-refractivity contribution in [1.29, 1.82) is 0 Å². The molecule has 110 valence electrons. The number of aryl methyl sites for hydroxylation is 1. The third-order valence-corrected chi connectivity index (χ3v) is 2.97. The lowest BCUT2D eigenvalue weighted by Gasteiger charge is -2.11. The minimum atomic E-state index is -0.420. The van der Waals surface area contributed by atoms with Crippen LogP contribution in [0.15, 0.2) is 36.4 Å². The number of pyridine rings is 1. The smallest absolute Gasteiger partial charge is 0.269 e. The van der Waals surface area contributed by atoms with Crippen molar-refractivity contribution < 1.29 is 9.66 Å². The van der Waals surface area contributed by atoms with Gasteiger partial charge in [-0.3, -0.25) is 15.1 Å². The molecule has 2 N–H and O–H groups in total. The molecular formula is C15H17N3O3. The van der Waals surface area contributed by atoms with Gasteiger partial charge in [-0.25, -0.2) is 0 Å². The molecule has 1 heterocycles. The van der Waals surface area contributed by atoms with Crippen molar-refractivity contribution in [3.8, 4) is 5.75 Å². The Morgan fingerprint density at radius 2 is 2.14 bits per heavy atom. The number of nitro groups is 1. The van der Waals surface area contributed by atoms with Crippen molar-refractivity contribution in [2.45, 2.75) is 20.0 Å². The van der Waals surface area contributed by atoms with Crippen molar-refractivity contribution >= 4 is 5.69 Å². The number of aromatic nitrogens is 1. The van der Waals surface area contributed by atoms with Gasteiger partial charge in [-0.15, -0.1) is 0 Å². The lowest BCUT2D eigenvalue weighted by molar-refractivity contribution is -0.384. The van der Waals surface area contributed by atoms with Crippen molar-refractivity contribution in [3.05, 3.63) is 63.5 Å². The van der Waals surface area contributed by atoms with E-state index in [0.717, 1.165) is 17.0 Å². The highest BCUT2D eigenvalue weighted by Gasteiger charge is 2.08. The summed E-state index contributed by atoms with van der Waals surface area (Å²) in [4.78, 5) is 14.7. The van der Waals surface area contributed by atoms with E-state index in [2.05, 4.69) is 4.98 Å². The van der Waals surface area contributed by atoms with Gasteiger partial charge in [0.2, 0.25) is 0 Å². The third-order valence-electron chi connectivity index (χ3n) is 2.97. The SMILES string of the molecule is Cc1ccc(OCc2cccc([N+](=O)[O-])c2)c(CCN)n1. The molecule has 0 aliphatic rings. The summed E-state index contributed by atoms with van der Waals surface area (Å²) in [6, 6.07) is 10.1. The van der Waals surface area contributed by atoms with E-state index < -0.39 is 4.92 Å². The van der Waals surface area contributed by atoms with Crippen molar-refractivity contribution in [2.24, 2.45) is 5.73 Å². The minimum Gasteiger partial charge on any atom is -0.487 e. The summed E-state index contributed by atoms with van der Waals surface area (Å²) in [5, 5.41) is 10.7. The quantitative estimate of drug-likeness (QED) is 0.650. The molecule has 0 saturated heterocycles. The lowest BCUT2D eigenvalue weighted by Crippen LogP contribution is -2.08. The number of hydrogen-bond acceptors (Lipinski definition) is 5. The predicted molar refractivity (Wildman–Crippen MR) is 79.2 cm³/mol. The highest BCUT2D eigenvalue weighted by molar-refractivity contribution is 5.35. The van der Waals surface area contributed by atoms with Gasteiger partial charge in [0.1, 0.15) is 12.4 Å². The Kier molecular flexibility index (Phi) is 4.84. The van der Waals surface area contributed by atoms with Crippen LogP contribution in [0.3, 0.4) is 0 Å². The molecule has 0 unspecified atom stereocenters. The second-order valence-corrected chi connectivity index (χ2v) is 4.65. The summed E-state index contributed by atoms with van der Waals surface area (Å²) in [5.41, 5.74) is 8.08. The Morgan fingerprint density at radius 1 is 1.33 bits per heavy atom. The third kappa shape index (κ3) is 4.00. The normalized spacial score (nSPS) is 10.4. The van der Waals surface area contributed by atoms with Gasteiger partial charge in [-0.1, -0.05) is 12.1 Å². The molecular weight excluding hydrogens is 270 g/mol. The Balaban J connectivity index is 2.12. The van der Waals surface area contributed by atoms with Crippen LogP contribution in [0.1, 0.15) is 17.0 Å². The number of nitro benzene ring substituents is 1. The Bertz CT molecular complexity index is 644. The maximum Gasteiger partial charge on any atom is 0.269 e. The van der Waals surface area contributed by atoms with Gasteiger partial charge in [-0.05, 0) is 31.2 Å². The van der Waals surface area contributed by atoms with Crippen molar-refractivity contribution in [3.63, 3.8) is 0 Å². The number of nitrogens with two attached hydrogens (primary N) is 1. The first-order valence-electron chi connectivity index (χ1n) is 6.63. The molecule has 1 aromatic carbocycles. The van der Waals surface area contributed by atoms with E-state index in [9.17, 15) is 10.1 Å². The molecule has 2 aromatic rings. The van der Waals surface area contributed by atoms with Gasteiger partial charge in [0, 0.05) is 24.2 Å². The summed E-state index contributed by atoms with van der Waals surface area (Å²) >= 11 is 0. The van der Waals surface area contributed by atoms with Crippen LogP contribution in [0.2, 0.25) is 0 Å². The molecule has 0 saturated carbocycles.